The van der Waals surface area contributed by atoms with Crippen molar-refractivity contribution in [3.63, 3.8) is 0 Å². The lowest BCUT2D eigenvalue weighted by molar-refractivity contribution is 0.262. The zero-order valence-electron chi connectivity index (χ0n) is 12.5. The number of amides is 2. The van der Waals surface area contributed by atoms with Gasteiger partial charge in [-0.15, -0.1) is 0 Å². The van der Waals surface area contributed by atoms with Crippen LogP contribution in [0.1, 0.15) is 0 Å². The van der Waals surface area contributed by atoms with Crippen LogP contribution in [0.5, 0.6) is 0 Å². The number of anilines is 2. The van der Waals surface area contributed by atoms with Gasteiger partial charge in [0.1, 0.15) is 0 Å². The van der Waals surface area contributed by atoms with Crippen LogP contribution >= 0.6 is 0 Å². The summed E-state index contributed by atoms with van der Waals surface area (Å²) in [6.45, 7) is 0. The van der Waals surface area contributed by atoms with Gasteiger partial charge < -0.3 is 9.84 Å². The highest BCUT2D eigenvalue weighted by molar-refractivity contribution is 6.00. The molecule has 0 saturated heterocycles. The van der Waals surface area contributed by atoms with E-state index in [2.05, 4.69) is 26.0 Å². The number of nitrogens with zero attached hydrogens (tertiary/aromatic N) is 2. The Morgan fingerprint density at radius 1 is 1.04 bits per heavy atom. The van der Waals surface area contributed by atoms with Crippen LogP contribution in [0.3, 0.4) is 0 Å². The van der Waals surface area contributed by atoms with Crippen molar-refractivity contribution in [1.82, 2.24) is 15.4 Å². The monoisotopic (exact) mass is 319 g/mol. The van der Waals surface area contributed by atoms with Crippen LogP contribution in [0.2, 0.25) is 0 Å². The van der Waals surface area contributed by atoms with Gasteiger partial charge >= 0.3 is 6.03 Å². The molecule has 4 aromatic rings. The van der Waals surface area contributed by atoms with Gasteiger partial charge in [-0.2, -0.15) is 5.10 Å². The Labute approximate surface area is 136 Å². The van der Waals surface area contributed by atoms with Gasteiger partial charge in [0.2, 0.25) is 0 Å². The molecule has 2 aromatic heterocycles. The molecule has 0 aliphatic heterocycles. The van der Waals surface area contributed by atoms with E-state index in [-0.39, 0.29) is 0 Å². The zero-order valence-corrected chi connectivity index (χ0v) is 12.5. The smallest absolute Gasteiger partial charge is 0.324 e. The summed E-state index contributed by atoms with van der Waals surface area (Å²) in [6.07, 6.45) is 1.72. The van der Waals surface area contributed by atoms with E-state index in [9.17, 15) is 4.79 Å². The fraction of sp³-hybridized carbons (Fsp3) is 0. The molecule has 2 amide bonds. The average Bonchev–Trinajstić information content (AvgIpc) is 3.24. The number of benzene rings is 2. The zero-order chi connectivity index (χ0) is 16.4. The van der Waals surface area contributed by atoms with Crippen molar-refractivity contribution in [3.8, 4) is 11.3 Å². The largest absolute Gasteiger partial charge is 0.354 e. The van der Waals surface area contributed by atoms with Crippen LogP contribution < -0.4 is 10.6 Å². The minimum atomic E-state index is -0.401. The normalized spacial score (nSPS) is 10.7. The molecule has 0 atom stereocenters. The van der Waals surface area contributed by atoms with Crippen LogP contribution in [-0.4, -0.2) is 21.4 Å². The van der Waals surface area contributed by atoms with E-state index in [1.54, 1.807) is 24.4 Å². The summed E-state index contributed by atoms with van der Waals surface area (Å²) >= 11 is 0. The molecule has 0 unspecified atom stereocenters. The fourth-order valence-electron chi connectivity index (χ4n) is 2.37. The lowest BCUT2D eigenvalue weighted by Crippen LogP contribution is -2.19. The Bertz CT molecular complexity index is 990. The summed E-state index contributed by atoms with van der Waals surface area (Å²) in [5, 5.41) is 17.0. The summed E-state index contributed by atoms with van der Waals surface area (Å²) in [5.74, 6) is 0.929. The number of carbonyl (C=O) groups is 1. The molecule has 0 aliphatic carbocycles. The number of nitrogens with one attached hydrogen (secondary N) is 3. The Morgan fingerprint density at radius 3 is 2.79 bits per heavy atom. The van der Waals surface area contributed by atoms with Crippen molar-refractivity contribution >= 4 is 28.4 Å². The summed E-state index contributed by atoms with van der Waals surface area (Å²) in [6, 6.07) is 16.3. The van der Waals surface area contributed by atoms with Gasteiger partial charge in [0, 0.05) is 22.7 Å². The van der Waals surface area contributed by atoms with Gasteiger partial charge in [-0.3, -0.25) is 10.4 Å². The highest BCUT2D eigenvalue weighted by Crippen LogP contribution is 2.22. The van der Waals surface area contributed by atoms with Crippen molar-refractivity contribution in [2.24, 2.45) is 0 Å². The second-order valence-corrected chi connectivity index (χ2v) is 5.19. The third-order valence-corrected chi connectivity index (χ3v) is 3.51. The van der Waals surface area contributed by atoms with E-state index in [0.29, 0.717) is 17.3 Å². The summed E-state index contributed by atoms with van der Waals surface area (Å²) in [5.41, 5.74) is 2.39. The first-order valence-electron chi connectivity index (χ1n) is 7.31. The predicted molar refractivity (Wildman–Crippen MR) is 90.7 cm³/mol. The van der Waals surface area contributed by atoms with Crippen molar-refractivity contribution in [2.75, 3.05) is 10.6 Å². The van der Waals surface area contributed by atoms with Gasteiger partial charge in [0.25, 0.3) is 0 Å². The van der Waals surface area contributed by atoms with Gasteiger partial charge in [-0.1, -0.05) is 35.5 Å². The van der Waals surface area contributed by atoms with Crippen molar-refractivity contribution < 1.29 is 9.32 Å². The molecule has 2 heterocycles. The maximum Gasteiger partial charge on any atom is 0.324 e. The summed E-state index contributed by atoms with van der Waals surface area (Å²) in [4.78, 5) is 12.1. The molecule has 0 bridgehead atoms. The first-order valence-corrected chi connectivity index (χ1v) is 7.31. The molecular weight excluding hydrogens is 306 g/mol. The highest BCUT2D eigenvalue weighted by Gasteiger charge is 2.10. The van der Waals surface area contributed by atoms with Gasteiger partial charge in [0.05, 0.1) is 11.7 Å². The molecule has 4 rings (SSSR count). The van der Waals surface area contributed by atoms with Gasteiger partial charge in [-0.25, -0.2) is 4.79 Å². The molecule has 2 aromatic carbocycles. The van der Waals surface area contributed by atoms with Crippen molar-refractivity contribution in [1.29, 1.82) is 0 Å². The second-order valence-electron chi connectivity index (χ2n) is 5.19. The van der Waals surface area contributed by atoms with Crippen LogP contribution in [0.15, 0.2) is 65.3 Å². The standard InChI is InChI=1S/C17H13N5O2/c23-17(19-13-7-6-12-10-18-21-14(12)8-13)20-16-9-15(24-22-16)11-4-2-1-3-5-11/h1-10H,(H,18,21)(H2,19,20,22,23). The van der Waals surface area contributed by atoms with Crippen LogP contribution in [0.25, 0.3) is 22.2 Å². The van der Waals surface area contributed by atoms with Crippen LogP contribution in [-0.2, 0) is 0 Å². The van der Waals surface area contributed by atoms with E-state index >= 15 is 0 Å². The number of H-pyrrole nitrogens is 1. The third-order valence-electron chi connectivity index (χ3n) is 3.51. The Hall–Kier alpha value is -3.61. The molecule has 7 nitrogen and oxygen atoms in total. The predicted octanol–water partition coefficient (Wildman–Crippen LogP) is 3.86. The van der Waals surface area contributed by atoms with Gasteiger partial charge in [-0.05, 0) is 18.2 Å². The Balaban J connectivity index is 1.45. The number of carbonyl (C=O) groups excluding carboxylic acids is 1. The number of urea groups is 1. The molecule has 0 radical (unpaired) electrons. The minimum Gasteiger partial charge on any atom is -0.354 e. The summed E-state index contributed by atoms with van der Waals surface area (Å²) in [7, 11) is 0. The molecule has 118 valence electrons. The molecular formula is C17H13N5O2. The first kappa shape index (κ1) is 14.0. The number of aromatic amines is 1. The van der Waals surface area contributed by atoms with Crippen molar-refractivity contribution in [3.05, 3.63) is 60.8 Å². The van der Waals surface area contributed by atoms with E-state index in [1.165, 1.54) is 0 Å². The lowest BCUT2D eigenvalue weighted by atomic mass is 10.2. The molecule has 0 fully saturated rings. The first-order chi connectivity index (χ1) is 11.8. The molecule has 24 heavy (non-hydrogen) atoms. The molecule has 7 heteroatoms. The molecule has 0 spiro atoms. The summed E-state index contributed by atoms with van der Waals surface area (Å²) < 4.78 is 5.24. The number of rotatable bonds is 3. The topological polar surface area (TPSA) is 95.8 Å². The van der Waals surface area contributed by atoms with Gasteiger partial charge in [0.15, 0.2) is 11.6 Å². The van der Waals surface area contributed by atoms with E-state index in [0.717, 1.165) is 16.5 Å². The van der Waals surface area contributed by atoms with E-state index < -0.39 is 6.03 Å². The Kier molecular flexibility index (Phi) is 3.43. The Morgan fingerprint density at radius 2 is 1.92 bits per heavy atom. The SMILES string of the molecule is O=C(Nc1ccc2cn[nH]c2c1)Nc1cc(-c2ccccc2)on1. The number of hydrogen-bond acceptors (Lipinski definition) is 4. The lowest BCUT2D eigenvalue weighted by Gasteiger charge is -2.04. The van der Waals surface area contributed by atoms with Crippen molar-refractivity contribution in [2.45, 2.75) is 0 Å². The molecule has 0 saturated carbocycles. The number of fused-ring (bicyclic) bond motifs is 1. The number of hydrogen-bond donors (Lipinski definition) is 3. The number of aromatic nitrogens is 3. The second kappa shape index (κ2) is 5.88. The fourth-order valence-corrected chi connectivity index (χ4v) is 2.37. The highest BCUT2D eigenvalue weighted by atomic mass is 16.5. The minimum absolute atomic E-state index is 0.342. The van der Waals surface area contributed by atoms with E-state index in [4.69, 9.17) is 4.52 Å². The maximum absolute atomic E-state index is 12.1. The van der Waals surface area contributed by atoms with Crippen LogP contribution in [0.4, 0.5) is 16.3 Å². The molecule has 3 N–H and O–H groups in total. The molecule has 0 aliphatic rings. The van der Waals surface area contributed by atoms with Crippen LogP contribution in [0, 0.1) is 0 Å². The third kappa shape index (κ3) is 2.82. The quantitative estimate of drug-likeness (QED) is 0.534. The maximum atomic E-state index is 12.1. The van der Waals surface area contributed by atoms with E-state index in [1.807, 2.05) is 36.4 Å². The average molecular weight is 319 g/mol.